The van der Waals surface area contributed by atoms with Gasteiger partial charge in [-0.2, -0.15) is 0 Å². The molecule has 1 fully saturated rings. The van der Waals surface area contributed by atoms with Crippen LogP contribution in [0.5, 0.6) is 5.75 Å². The minimum atomic E-state index is -0.676. The second-order valence-corrected chi connectivity index (χ2v) is 7.00. The van der Waals surface area contributed by atoms with Gasteiger partial charge in [0, 0.05) is 11.6 Å². The van der Waals surface area contributed by atoms with E-state index < -0.39 is 5.97 Å². The van der Waals surface area contributed by atoms with E-state index in [2.05, 4.69) is 10.6 Å². The minimum Gasteiger partial charge on any atom is -0.497 e. The number of methoxy groups -OCH3 is 1. The average Bonchev–Trinajstić information content (AvgIpc) is 3.58. The highest BCUT2D eigenvalue weighted by Crippen LogP contribution is 2.32. The van der Waals surface area contributed by atoms with Gasteiger partial charge in [-0.15, -0.1) is 0 Å². The van der Waals surface area contributed by atoms with Gasteiger partial charge in [0.05, 0.1) is 18.4 Å². The fraction of sp³-hybridized carbons (Fsp3) is 0.318. The van der Waals surface area contributed by atoms with Crippen LogP contribution < -0.4 is 15.4 Å². The Balaban J connectivity index is 1.60. The molecule has 2 aromatic carbocycles. The van der Waals surface area contributed by atoms with Crippen molar-refractivity contribution >= 4 is 23.5 Å². The standard InChI is InChI=1S/C22H24N2O5/c1-14(15-7-8-15)23-20(25)13-29-22(27)18-5-3-4-6-19(18)24-21(26)16-9-11-17(28-2)12-10-16/h3-6,9-12,14-15H,7-8,13H2,1-2H3,(H,23,25)(H,24,26)/t14-/m1/s1. The summed E-state index contributed by atoms with van der Waals surface area (Å²) in [6, 6.07) is 13.2. The molecule has 152 valence electrons. The van der Waals surface area contributed by atoms with Crippen molar-refractivity contribution in [2.24, 2.45) is 5.92 Å². The van der Waals surface area contributed by atoms with Crippen molar-refractivity contribution in [1.29, 1.82) is 0 Å². The molecule has 1 atom stereocenters. The number of hydrogen-bond acceptors (Lipinski definition) is 5. The van der Waals surface area contributed by atoms with Crippen LogP contribution in [0.3, 0.4) is 0 Å². The van der Waals surface area contributed by atoms with E-state index in [4.69, 9.17) is 9.47 Å². The Hall–Kier alpha value is -3.35. The minimum absolute atomic E-state index is 0.0808. The predicted octanol–water partition coefficient (Wildman–Crippen LogP) is 3.02. The summed E-state index contributed by atoms with van der Waals surface area (Å²) in [6.07, 6.45) is 2.23. The molecule has 1 saturated carbocycles. The number of amides is 2. The number of ether oxygens (including phenoxy) is 2. The molecule has 3 rings (SSSR count). The molecule has 29 heavy (non-hydrogen) atoms. The molecule has 0 spiro atoms. The SMILES string of the molecule is COc1ccc(C(=O)Nc2ccccc2C(=O)OCC(=O)N[C@H](C)C2CC2)cc1. The number of benzene rings is 2. The van der Waals surface area contributed by atoms with Crippen molar-refractivity contribution in [2.45, 2.75) is 25.8 Å². The Morgan fingerprint density at radius 1 is 1.07 bits per heavy atom. The van der Waals surface area contributed by atoms with Crippen molar-refractivity contribution in [1.82, 2.24) is 5.32 Å². The van der Waals surface area contributed by atoms with Crippen LogP contribution in [-0.4, -0.2) is 37.5 Å². The Morgan fingerprint density at radius 3 is 2.41 bits per heavy atom. The average molecular weight is 396 g/mol. The first kappa shape index (κ1) is 20.4. The Labute approximate surface area is 169 Å². The molecule has 0 bridgehead atoms. The van der Waals surface area contributed by atoms with Crippen LogP contribution in [0.25, 0.3) is 0 Å². The van der Waals surface area contributed by atoms with E-state index in [0.717, 1.165) is 12.8 Å². The summed E-state index contributed by atoms with van der Waals surface area (Å²) in [5.74, 6) is -0.227. The largest absolute Gasteiger partial charge is 0.497 e. The molecule has 0 saturated heterocycles. The third-order valence-corrected chi connectivity index (χ3v) is 4.80. The molecule has 0 aliphatic heterocycles. The first-order valence-corrected chi connectivity index (χ1v) is 9.49. The van der Waals surface area contributed by atoms with Crippen molar-refractivity contribution in [3.05, 3.63) is 59.7 Å². The van der Waals surface area contributed by atoms with Crippen molar-refractivity contribution in [2.75, 3.05) is 19.0 Å². The van der Waals surface area contributed by atoms with E-state index in [1.165, 1.54) is 6.07 Å². The zero-order chi connectivity index (χ0) is 20.8. The fourth-order valence-corrected chi connectivity index (χ4v) is 2.93. The number of carbonyl (C=O) groups excluding carboxylic acids is 3. The lowest BCUT2D eigenvalue weighted by Crippen LogP contribution is -2.37. The number of para-hydroxylation sites is 1. The van der Waals surface area contributed by atoms with E-state index in [1.807, 2.05) is 6.92 Å². The van der Waals surface area contributed by atoms with Gasteiger partial charge in [0.2, 0.25) is 0 Å². The van der Waals surface area contributed by atoms with E-state index in [9.17, 15) is 14.4 Å². The normalized spacial score (nSPS) is 13.9. The first-order chi connectivity index (χ1) is 14.0. The molecular formula is C22H24N2O5. The quantitative estimate of drug-likeness (QED) is 0.669. The number of nitrogens with one attached hydrogen (secondary N) is 2. The Bertz CT molecular complexity index is 890. The molecule has 2 N–H and O–H groups in total. The van der Waals surface area contributed by atoms with Crippen LogP contribution >= 0.6 is 0 Å². The molecule has 2 amide bonds. The number of anilines is 1. The lowest BCUT2D eigenvalue weighted by molar-refractivity contribution is -0.124. The van der Waals surface area contributed by atoms with Crippen LogP contribution in [-0.2, 0) is 9.53 Å². The first-order valence-electron chi connectivity index (χ1n) is 9.49. The monoisotopic (exact) mass is 396 g/mol. The van der Waals surface area contributed by atoms with Gasteiger partial charge >= 0.3 is 5.97 Å². The summed E-state index contributed by atoms with van der Waals surface area (Å²) < 4.78 is 10.2. The third-order valence-electron chi connectivity index (χ3n) is 4.80. The molecule has 1 aliphatic carbocycles. The Morgan fingerprint density at radius 2 is 1.76 bits per heavy atom. The summed E-state index contributed by atoms with van der Waals surface area (Å²) in [6.45, 7) is 1.58. The van der Waals surface area contributed by atoms with Gasteiger partial charge in [0.25, 0.3) is 11.8 Å². The summed E-state index contributed by atoms with van der Waals surface area (Å²) in [5.41, 5.74) is 0.907. The molecule has 0 radical (unpaired) electrons. The molecule has 0 aromatic heterocycles. The van der Waals surface area contributed by atoms with Crippen LogP contribution in [0.1, 0.15) is 40.5 Å². The van der Waals surface area contributed by atoms with Crippen LogP contribution in [0, 0.1) is 5.92 Å². The van der Waals surface area contributed by atoms with Gasteiger partial charge in [0.1, 0.15) is 5.75 Å². The number of rotatable bonds is 8. The highest BCUT2D eigenvalue weighted by Gasteiger charge is 2.29. The van der Waals surface area contributed by atoms with Gasteiger partial charge < -0.3 is 20.1 Å². The summed E-state index contributed by atoms with van der Waals surface area (Å²) in [7, 11) is 1.55. The van der Waals surface area contributed by atoms with E-state index >= 15 is 0 Å². The molecule has 0 heterocycles. The van der Waals surface area contributed by atoms with Crippen LogP contribution in [0.2, 0.25) is 0 Å². The van der Waals surface area contributed by atoms with Crippen LogP contribution in [0.4, 0.5) is 5.69 Å². The van der Waals surface area contributed by atoms with E-state index in [-0.39, 0.29) is 30.0 Å². The molecule has 7 heteroatoms. The van der Waals surface area contributed by atoms with Gasteiger partial charge in [-0.3, -0.25) is 9.59 Å². The summed E-state index contributed by atoms with van der Waals surface area (Å²) >= 11 is 0. The maximum atomic E-state index is 12.5. The molecular weight excluding hydrogens is 372 g/mol. The molecule has 7 nitrogen and oxygen atoms in total. The number of hydrogen-bond donors (Lipinski definition) is 2. The van der Waals surface area contributed by atoms with Gasteiger partial charge in [-0.05, 0) is 62.1 Å². The molecule has 1 aliphatic rings. The fourth-order valence-electron chi connectivity index (χ4n) is 2.93. The maximum Gasteiger partial charge on any atom is 0.340 e. The second kappa shape index (κ2) is 9.23. The van der Waals surface area contributed by atoms with Crippen molar-refractivity contribution < 1.29 is 23.9 Å². The zero-order valence-corrected chi connectivity index (χ0v) is 16.4. The van der Waals surface area contributed by atoms with Crippen molar-refractivity contribution in [3.8, 4) is 5.75 Å². The smallest absolute Gasteiger partial charge is 0.340 e. The summed E-state index contributed by atoms with van der Waals surface area (Å²) in [4.78, 5) is 36.9. The third kappa shape index (κ3) is 5.57. The Kier molecular flexibility index (Phi) is 6.49. The zero-order valence-electron chi connectivity index (χ0n) is 16.4. The summed E-state index contributed by atoms with van der Waals surface area (Å²) in [5, 5.41) is 5.54. The second-order valence-electron chi connectivity index (χ2n) is 7.00. The highest BCUT2D eigenvalue weighted by molar-refractivity contribution is 6.08. The van der Waals surface area contributed by atoms with Gasteiger partial charge in [0.15, 0.2) is 6.61 Å². The predicted molar refractivity (Wildman–Crippen MR) is 108 cm³/mol. The van der Waals surface area contributed by atoms with Crippen LogP contribution in [0.15, 0.2) is 48.5 Å². The van der Waals surface area contributed by atoms with Crippen molar-refractivity contribution in [3.63, 3.8) is 0 Å². The number of esters is 1. The van der Waals surface area contributed by atoms with E-state index in [0.29, 0.717) is 22.9 Å². The topological polar surface area (TPSA) is 93.7 Å². The molecule has 2 aromatic rings. The highest BCUT2D eigenvalue weighted by atomic mass is 16.5. The lowest BCUT2D eigenvalue weighted by atomic mass is 10.1. The van der Waals surface area contributed by atoms with E-state index in [1.54, 1.807) is 49.6 Å². The van der Waals surface area contributed by atoms with Gasteiger partial charge in [-0.1, -0.05) is 12.1 Å². The lowest BCUT2D eigenvalue weighted by Gasteiger charge is -2.14. The number of carbonyl (C=O) groups is 3. The molecule has 0 unspecified atom stereocenters. The van der Waals surface area contributed by atoms with Gasteiger partial charge in [-0.25, -0.2) is 4.79 Å². The maximum absolute atomic E-state index is 12.5.